The van der Waals surface area contributed by atoms with Gasteiger partial charge in [0.05, 0.1) is 0 Å². The Morgan fingerprint density at radius 2 is 1.80 bits per heavy atom. The number of carbonyl (C=O) groups is 1. The summed E-state index contributed by atoms with van der Waals surface area (Å²) in [4.78, 5) is 44.8. The van der Waals surface area contributed by atoms with Gasteiger partial charge in [-0.1, -0.05) is 30.5 Å². The van der Waals surface area contributed by atoms with E-state index in [4.69, 9.17) is 0 Å². The van der Waals surface area contributed by atoms with Crippen molar-refractivity contribution in [1.29, 1.82) is 0 Å². The number of nitroso groups, excluding NO2 is 3. The summed E-state index contributed by atoms with van der Waals surface area (Å²) in [5.41, 5.74) is 0.324. The lowest BCUT2D eigenvalue weighted by Gasteiger charge is -2.28. The molecule has 8 heteroatoms. The van der Waals surface area contributed by atoms with Crippen molar-refractivity contribution in [2.24, 2.45) is 21.4 Å². The van der Waals surface area contributed by atoms with Crippen LogP contribution < -0.4 is 5.32 Å². The van der Waals surface area contributed by atoms with E-state index >= 15 is 0 Å². The summed E-state index contributed by atoms with van der Waals surface area (Å²) in [6, 6.07) is 3.11. The van der Waals surface area contributed by atoms with Crippen LogP contribution in [0.1, 0.15) is 44.6 Å². The first kappa shape index (κ1) is 18.8. The summed E-state index contributed by atoms with van der Waals surface area (Å²) in [5.74, 6) is 0.0000850. The fourth-order valence-corrected chi connectivity index (χ4v) is 3.32. The molecule has 0 saturated heterocycles. The molecule has 8 nitrogen and oxygen atoms in total. The Morgan fingerprint density at radius 3 is 2.40 bits per heavy atom. The Labute approximate surface area is 145 Å². The topological polar surface area (TPSA) is 117 Å². The van der Waals surface area contributed by atoms with Crippen molar-refractivity contribution in [3.63, 3.8) is 0 Å². The van der Waals surface area contributed by atoms with Crippen LogP contribution in [-0.2, 0) is 11.2 Å². The molecule has 0 spiro atoms. The summed E-state index contributed by atoms with van der Waals surface area (Å²) in [5, 5.41) is 11.2. The molecule has 0 aromatic heterocycles. The molecule has 1 aromatic rings. The molecule has 1 amide bonds. The maximum Gasteiger partial charge on any atom is 0.249 e. The zero-order chi connectivity index (χ0) is 18.2. The summed E-state index contributed by atoms with van der Waals surface area (Å²) in [6.07, 6.45) is 5.75. The summed E-state index contributed by atoms with van der Waals surface area (Å²) in [7, 11) is 0. The molecule has 2 atom stereocenters. The molecule has 0 aliphatic heterocycles. The van der Waals surface area contributed by atoms with Crippen molar-refractivity contribution in [2.75, 3.05) is 0 Å². The van der Waals surface area contributed by atoms with Gasteiger partial charge in [-0.05, 0) is 53.7 Å². The molecule has 25 heavy (non-hydrogen) atoms. The van der Waals surface area contributed by atoms with Gasteiger partial charge in [0, 0.05) is 12.5 Å². The van der Waals surface area contributed by atoms with E-state index in [1.54, 1.807) is 0 Å². The third-order valence-electron chi connectivity index (χ3n) is 4.82. The number of nitrogens with zero attached hydrogens (tertiary/aromatic N) is 3. The van der Waals surface area contributed by atoms with Crippen LogP contribution in [0.4, 0.5) is 11.4 Å². The number of benzene rings is 1. The van der Waals surface area contributed by atoms with Crippen molar-refractivity contribution in [2.45, 2.75) is 57.5 Å². The zero-order valence-electron chi connectivity index (χ0n) is 14.2. The lowest BCUT2D eigenvalue weighted by Crippen LogP contribution is -2.44. The Hall–Kier alpha value is -2.51. The van der Waals surface area contributed by atoms with E-state index in [2.05, 4.69) is 20.8 Å². The second kappa shape index (κ2) is 9.10. The molecule has 1 N–H and O–H groups in total. The molecular formula is C17H22N4O4. The average molecular weight is 346 g/mol. The minimum Gasteiger partial charge on any atom is -0.351 e. The number of amides is 1. The maximum atomic E-state index is 12.4. The quantitative estimate of drug-likeness (QED) is 0.708. The molecule has 1 aromatic carbocycles. The van der Waals surface area contributed by atoms with Crippen LogP contribution in [0.5, 0.6) is 0 Å². The van der Waals surface area contributed by atoms with Gasteiger partial charge in [0.2, 0.25) is 5.91 Å². The number of rotatable bonds is 8. The SMILES string of the molecule is CC(NC(=O)C(Cc1ccc(N=O)c(N=O)c1)N=O)C1CCCCC1. The van der Waals surface area contributed by atoms with E-state index in [-0.39, 0.29) is 23.8 Å². The standard InChI is InChI=1S/C17H22N4O4/c1-11(13-5-3-2-4-6-13)18-17(22)16(21-25)10-12-7-8-14(19-23)15(9-12)20-24/h7-9,11,13,16H,2-6,10H2,1H3,(H,18,22). The maximum absolute atomic E-state index is 12.4. The van der Waals surface area contributed by atoms with Crippen LogP contribution in [0, 0.1) is 20.6 Å². The van der Waals surface area contributed by atoms with Crippen LogP contribution in [0.3, 0.4) is 0 Å². The normalized spacial score (nSPS) is 17.3. The lowest BCUT2D eigenvalue weighted by molar-refractivity contribution is -0.123. The fourth-order valence-electron chi connectivity index (χ4n) is 3.32. The van der Waals surface area contributed by atoms with Gasteiger partial charge in [0.1, 0.15) is 11.4 Å². The second-order valence-corrected chi connectivity index (χ2v) is 6.53. The van der Waals surface area contributed by atoms with Crippen molar-refractivity contribution in [1.82, 2.24) is 5.32 Å². The molecule has 0 heterocycles. The number of hydrogen-bond donors (Lipinski definition) is 1. The molecule has 0 bridgehead atoms. The first-order valence-electron chi connectivity index (χ1n) is 8.51. The van der Waals surface area contributed by atoms with Crippen LogP contribution in [0.2, 0.25) is 0 Å². The van der Waals surface area contributed by atoms with Gasteiger partial charge in [0.25, 0.3) is 0 Å². The van der Waals surface area contributed by atoms with Crippen LogP contribution in [0.15, 0.2) is 33.7 Å². The molecule has 2 unspecified atom stereocenters. The number of hydrogen-bond acceptors (Lipinski definition) is 7. The first-order chi connectivity index (χ1) is 12.1. The van der Waals surface area contributed by atoms with Crippen molar-refractivity contribution >= 4 is 17.3 Å². The highest BCUT2D eigenvalue weighted by atomic mass is 16.3. The van der Waals surface area contributed by atoms with Gasteiger partial charge in [-0.25, -0.2) is 0 Å². The van der Waals surface area contributed by atoms with E-state index in [9.17, 15) is 19.5 Å². The summed E-state index contributed by atoms with van der Waals surface area (Å²) in [6.45, 7) is 1.95. The smallest absolute Gasteiger partial charge is 0.249 e. The predicted octanol–water partition coefficient (Wildman–Crippen LogP) is 4.24. The van der Waals surface area contributed by atoms with E-state index in [1.165, 1.54) is 37.5 Å². The van der Waals surface area contributed by atoms with Gasteiger partial charge >= 0.3 is 0 Å². The molecule has 134 valence electrons. The van der Waals surface area contributed by atoms with Gasteiger partial charge < -0.3 is 5.32 Å². The van der Waals surface area contributed by atoms with Crippen molar-refractivity contribution in [3.05, 3.63) is 38.5 Å². The number of carbonyl (C=O) groups excluding carboxylic acids is 1. The van der Waals surface area contributed by atoms with Crippen LogP contribution in [0.25, 0.3) is 0 Å². The van der Waals surface area contributed by atoms with Crippen molar-refractivity contribution < 1.29 is 4.79 Å². The van der Waals surface area contributed by atoms with E-state index < -0.39 is 11.9 Å². The highest BCUT2D eigenvalue weighted by Gasteiger charge is 2.26. The minimum absolute atomic E-state index is 0.00843. The predicted molar refractivity (Wildman–Crippen MR) is 94.8 cm³/mol. The van der Waals surface area contributed by atoms with Gasteiger partial charge in [-0.15, -0.1) is 14.7 Å². The average Bonchev–Trinajstić information content (AvgIpc) is 2.66. The molecule has 1 saturated carbocycles. The van der Waals surface area contributed by atoms with Gasteiger partial charge in [-0.2, -0.15) is 0 Å². The molecule has 0 radical (unpaired) electrons. The van der Waals surface area contributed by atoms with E-state index in [1.807, 2.05) is 6.92 Å². The van der Waals surface area contributed by atoms with Gasteiger partial charge in [0.15, 0.2) is 6.04 Å². The highest BCUT2D eigenvalue weighted by molar-refractivity contribution is 5.82. The third kappa shape index (κ3) is 4.98. The first-order valence-corrected chi connectivity index (χ1v) is 8.51. The third-order valence-corrected chi connectivity index (χ3v) is 4.82. The fraction of sp³-hybridized carbons (Fsp3) is 0.588. The van der Waals surface area contributed by atoms with Crippen molar-refractivity contribution in [3.8, 4) is 0 Å². The second-order valence-electron chi connectivity index (χ2n) is 6.53. The molecular weight excluding hydrogens is 324 g/mol. The largest absolute Gasteiger partial charge is 0.351 e. The summed E-state index contributed by atoms with van der Waals surface area (Å²) < 4.78 is 0. The van der Waals surface area contributed by atoms with E-state index in [0.29, 0.717) is 11.5 Å². The molecule has 1 fully saturated rings. The lowest BCUT2D eigenvalue weighted by atomic mass is 9.84. The monoisotopic (exact) mass is 346 g/mol. The Bertz CT molecular complexity index is 644. The van der Waals surface area contributed by atoms with Gasteiger partial charge in [-0.3, -0.25) is 4.79 Å². The zero-order valence-corrected chi connectivity index (χ0v) is 14.2. The van der Waals surface area contributed by atoms with Crippen LogP contribution in [-0.4, -0.2) is 18.0 Å². The Balaban J connectivity index is 2.01. The Kier molecular flexibility index (Phi) is 6.85. The minimum atomic E-state index is -1.10. The Morgan fingerprint density at radius 1 is 1.12 bits per heavy atom. The number of nitrogens with one attached hydrogen (secondary N) is 1. The highest BCUT2D eigenvalue weighted by Crippen LogP contribution is 2.29. The van der Waals surface area contributed by atoms with E-state index in [0.717, 1.165) is 12.8 Å². The molecule has 2 rings (SSSR count). The van der Waals surface area contributed by atoms with Crippen LogP contribution >= 0.6 is 0 Å². The summed E-state index contributed by atoms with van der Waals surface area (Å²) >= 11 is 0. The molecule has 1 aliphatic carbocycles. The molecule has 1 aliphatic rings.